The molecule has 0 fully saturated rings. The molecule has 0 atom stereocenters. The van der Waals surface area contributed by atoms with Gasteiger partial charge in [-0.15, -0.1) is 41.9 Å². The fourth-order valence-corrected chi connectivity index (χ4v) is 12.2. The third-order valence-corrected chi connectivity index (χ3v) is 16.1. The summed E-state index contributed by atoms with van der Waals surface area (Å²) in [7, 11) is 0. The van der Waals surface area contributed by atoms with E-state index in [2.05, 4.69) is 284 Å². The summed E-state index contributed by atoms with van der Waals surface area (Å²) in [4.78, 5) is 9.54. The number of ether oxygens (including phenoxy) is 1. The first kappa shape index (κ1) is 49.7. The second-order valence-electron chi connectivity index (χ2n) is 21.2. The van der Waals surface area contributed by atoms with Crippen molar-refractivity contribution in [3.63, 3.8) is 0 Å². The summed E-state index contributed by atoms with van der Waals surface area (Å²) in [6.07, 6.45) is 1.83. The van der Waals surface area contributed by atoms with Gasteiger partial charge in [-0.3, -0.25) is 0 Å². The van der Waals surface area contributed by atoms with Gasteiger partial charge in [0.25, 0.3) is 0 Å². The van der Waals surface area contributed by atoms with Crippen molar-refractivity contribution in [2.45, 2.75) is 19.3 Å². The average molecular weight is 1220 g/mol. The number of hydrogen-bond acceptors (Lipinski definition) is 4. The van der Waals surface area contributed by atoms with Crippen LogP contribution in [0.4, 0.5) is 22.7 Å². The molecule has 11 aromatic carbocycles. The summed E-state index contributed by atoms with van der Waals surface area (Å²) in [5, 5.41) is 2.21. The standard InChI is InChI=1S/C75H51N4O.Pt/c1-75(2)66-39-37-61(80-60-36-38-65-64-29-15-16-33-68(64)79(70(65)47-60)72-35-17-18-40-76-72)48-71(66)78-49-77(69-34-20-32-67(75)74(69)78)73-62(58-43-54(50-21-7-3-8-22-50)41-55(44-58)51-23-9-4-10-24-51)30-19-31-63(73)59-45-56(52-25-11-5-12-26-52)42-57(46-59)53-27-13-6-14-28-53;/h3-46,49H,1-2H3;/q-3;. The molecule has 390 valence electrons. The Balaban J connectivity index is 0.00000589. The molecule has 15 rings (SSSR count). The molecule has 6 heteroatoms. The Labute approximate surface area is 486 Å². The van der Waals surface area contributed by atoms with Gasteiger partial charge >= 0.3 is 0 Å². The van der Waals surface area contributed by atoms with Crippen LogP contribution in [0.25, 0.3) is 94.4 Å². The van der Waals surface area contributed by atoms with E-state index in [1.807, 2.05) is 30.5 Å². The summed E-state index contributed by atoms with van der Waals surface area (Å²) in [5.41, 5.74) is 21.9. The van der Waals surface area contributed by atoms with Gasteiger partial charge < -0.3 is 19.1 Å². The number of rotatable bonds is 10. The number of nitrogens with zero attached hydrogens (tertiary/aromatic N) is 4. The van der Waals surface area contributed by atoms with Crippen LogP contribution >= 0.6 is 0 Å². The Morgan fingerprint density at radius 1 is 0.407 bits per heavy atom. The summed E-state index contributed by atoms with van der Waals surface area (Å²) >= 11 is 0. The first-order chi connectivity index (χ1) is 39.4. The number of fused-ring (bicyclic) bond motifs is 5. The van der Waals surface area contributed by atoms with Crippen molar-refractivity contribution in [3.8, 4) is 84.1 Å². The van der Waals surface area contributed by atoms with Crippen molar-refractivity contribution in [3.05, 3.63) is 297 Å². The summed E-state index contributed by atoms with van der Waals surface area (Å²) in [5.74, 6) is 2.02. The van der Waals surface area contributed by atoms with Crippen LogP contribution in [0.2, 0.25) is 0 Å². The Bertz CT molecular complexity index is 4240. The van der Waals surface area contributed by atoms with Gasteiger partial charge in [-0.05, 0) is 133 Å². The second-order valence-corrected chi connectivity index (χ2v) is 21.2. The van der Waals surface area contributed by atoms with E-state index in [1.54, 1.807) is 0 Å². The van der Waals surface area contributed by atoms with Gasteiger partial charge in [-0.1, -0.05) is 201 Å². The molecular formula is C75H51N4OPt-3. The minimum absolute atomic E-state index is 0. The first-order valence-electron chi connectivity index (χ1n) is 27.3. The molecule has 2 aromatic heterocycles. The molecule has 0 unspecified atom stereocenters. The van der Waals surface area contributed by atoms with Gasteiger partial charge in [0.15, 0.2) is 0 Å². The fourth-order valence-electron chi connectivity index (χ4n) is 12.2. The van der Waals surface area contributed by atoms with Crippen LogP contribution in [0.15, 0.2) is 267 Å². The SMILES string of the molecule is CC1(C)c2ccc(Oc3[c-]c4c(cc3)c3ccccc3n4-c3ccccn3)[c-]c2N2[CH-]N(c3c(-c4cc(-c5ccccc5)cc(-c5ccccc5)c4)cccc3-c3cc(-c4ccccc4)cc(-c4ccccc4)c3)c3cccc1c32.[Pt]. The van der Waals surface area contributed by atoms with Gasteiger partial charge in [-0.25, -0.2) is 4.98 Å². The summed E-state index contributed by atoms with van der Waals surface area (Å²) < 4.78 is 9.02. The quantitative estimate of drug-likeness (QED) is 0.128. The third kappa shape index (κ3) is 8.64. The van der Waals surface area contributed by atoms with Crippen LogP contribution in [0, 0.1) is 18.8 Å². The predicted octanol–water partition coefficient (Wildman–Crippen LogP) is 19.6. The van der Waals surface area contributed by atoms with E-state index in [0.717, 1.165) is 123 Å². The topological polar surface area (TPSA) is 33.5 Å². The van der Waals surface area contributed by atoms with Gasteiger partial charge in [0.05, 0.1) is 0 Å². The smallest absolute Gasteiger partial charge is 0.135 e. The Hall–Kier alpha value is -9.54. The van der Waals surface area contributed by atoms with Crippen LogP contribution < -0.4 is 14.5 Å². The molecule has 2 aliphatic heterocycles. The number of hydrogen-bond donors (Lipinski definition) is 0. The first-order valence-corrected chi connectivity index (χ1v) is 27.3. The third-order valence-electron chi connectivity index (χ3n) is 16.1. The van der Waals surface area contributed by atoms with E-state index < -0.39 is 0 Å². The fraction of sp³-hybridized carbons (Fsp3) is 0.0400. The van der Waals surface area contributed by atoms with Gasteiger partial charge in [-0.2, -0.15) is 12.1 Å². The molecule has 0 amide bonds. The molecule has 2 aliphatic rings. The largest absolute Gasteiger partial charge is 0.509 e. The van der Waals surface area contributed by atoms with Crippen molar-refractivity contribution < 1.29 is 25.8 Å². The van der Waals surface area contributed by atoms with E-state index >= 15 is 0 Å². The molecule has 0 aliphatic carbocycles. The zero-order valence-electron chi connectivity index (χ0n) is 44.5. The van der Waals surface area contributed by atoms with Crippen molar-refractivity contribution in [1.82, 2.24) is 9.55 Å². The number of pyridine rings is 1. The van der Waals surface area contributed by atoms with Crippen LogP contribution in [-0.4, -0.2) is 9.55 Å². The molecule has 4 heterocycles. The molecule has 0 bridgehead atoms. The zero-order chi connectivity index (χ0) is 53.3. The van der Waals surface area contributed by atoms with E-state index in [9.17, 15) is 0 Å². The Kier molecular flexibility index (Phi) is 12.5. The van der Waals surface area contributed by atoms with Crippen molar-refractivity contribution in [2.24, 2.45) is 0 Å². The number of benzene rings is 11. The maximum Gasteiger partial charge on any atom is 0.135 e. The van der Waals surface area contributed by atoms with Gasteiger partial charge in [0.2, 0.25) is 0 Å². The van der Waals surface area contributed by atoms with E-state index in [0.29, 0.717) is 11.5 Å². The molecule has 13 aromatic rings. The number of aromatic nitrogens is 2. The molecule has 0 N–H and O–H groups in total. The van der Waals surface area contributed by atoms with Crippen molar-refractivity contribution in [2.75, 3.05) is 9.80 Å². The Morgan fingerprint density at radius 3 is 1.48 bits per heavy atom. The number of para-hydroxylation sites is 3. The molecule has 0 saturated carbocycles. The molecule has 0 spiro atoms. The minimum atomic E-state index is -0.379. The van der Waals surface area contributed by atoms with Crippen molar-refractivity contribution >= 4 is 44.6 Å². The molecule has 0 saturated heterocycles. The van der Waals surface area contributed by atoms with E-state index in [1.165, 1.54) is 5.56 Å². The van der Waals surface area contributed by atoms with Gasteiger partial charge in [0.1, 0.15) is 5.82 Å². The van der Waals surface area contributed by atoms with E-state index in [-0.39, 0.29) is 26.5 Å². The van der Waals surface area contributed by atoms with Crippen LogP contribution in [0.1, 0.15) is 25.0 Å². The summed E-state index contributed by atoms with van der Waals surface area (Å²) in [6, 6.07) is 101. The van der Waals surface area contributed by atoms with Crippen LogP contribution in [0.3, 0.4) is 0 Å². The zero-order valence-corrected chi connectivity index (χ0v) is 46.8. The average Bonchev–Trinajstić information content (AvgIpc) is 4.22. The molecule has 81 heavy (non-hydrogen) atoms. The maximum atomic E-state index is 6.86. The van der Waals surface area contributed by atoms with E-state index in [4.69, 9.17) is 9.72 Å². The molecule has 0 radical (unpaired) electrons. The minimum Gasteiger partial charge on any atom is -0.509 e. The number of anilines is 4. The molecular weight excluding hydrogens is 1170 g/mol. The molecule has 5 nitrogen and oxygen atoms in total. The monoisotopic (exact) mass is 1220 g/mol. The normalized spacial score (nSPS) is 13.0. The Morgan fingerprint density at radius 2 is 0.914 bits per heavy atom. The maximum absolute atomic E-state index is 6.86. The van der Waals surface area contributed by atoms with Gasteiger partial charge in [0, 0.05) is 72.5 Å². The predicted molar refractivity (Wildman–Crippen MR) is 329 cm³/mol. The second kappa shape index (κ2) is 20.3. The summed E-state index contributed by atoms with van der Waals surface area (Å²) in [6.45, 7) is 6.94. The van der Waals surface area contributed by atoms with Crippen LogP contribution in [0.5, 0.6) is 11.5 Å². The van der Waals surface area contributed by atoms with Crippen LogP contribution in [-0.2, 0) is 26.5 Å². The van der Waals surface area contributed by atoms with Crippen molar-refractivity contribution in [1.29, 1.82) is 0 Å².